The van der Waals surface area contributed by atoms with Gasteiger partial charge >= 0.3 is 0 Å². The highest BCUT2D eigenvalue weighted by molar-refractivity contribution is 5.98. The van der Waals surface area contributed by atoms with Gasteiger partial charge in [0.1, 0.15) is 11.9 Å². The molecule has 1 aliphatic carbocycles. The minimum Gasteiger partial charge on any atom is -0.371 e. The van der Waals surface area contributed by atoms with Crippen LogP contribution in [0.1, 0.15) is 54.7 Å². The van der Waals surface area contributed by atoms with Crippen LogP contribution < -0.4 is 10.2 Å². The Labute approximate surface area is 152 Å². The number of piperidine rings is 1. The zero-order valence-corrected chi connectivity index (χ0v) is 15.3. The van der Waals surface area contributed by atoms with E-state index in [1.54, 1.807) is 11.0 Å². The summed E-state index contributed by atoms with van der Waals surface area (Å²) < 4.78 is 35.0. The SMILES string of the molecule is CCc1cc2c(nc1N1CC[C@@H](OCC3(C)CC3)C(F)(F)C1)CNC2=O. The molecule has 1 saturated carbocycles. The Morgan fingerprint density at radius 2 is 2.19 bits per heavy atom. The van der Waals surface area contributed by atoms with E-state index in [1.807, 2.05) is 6.92 Å². The lowest BCUT2D eigenvalue weighted by molar-refractivity contribution is -0.149. The number of nitrogens with zero attached hydrogens (tertiary/aromatic N) is 2. The molecule has 1 aromatic rings. The molecule has 1 atom stereocenters. The van der Waals surface area contributed by atoms with Crippen LogP contribution in [0.4, 0.5) is 14.6 Å². The molecule has 1 saturated heterocycles. The van der Waals surface area contributed by atoms with E-state index < -0.39 is 18.6 Å². The highest BCUT2D eigenvalue weighted by Gasteiger charge is 2.48. The van der Waals surface area contributed by atoms with Crippen LogP contribution in [0.2, 0.25) is 0 Å². The fraction of sp³-hybridized carbons (Fsp3) is 0.684. The van der Waals surface area contributed by atoms with Gasteiger partial charge in [0.2, 0.25) is 0 Å². The first kappa shape index (κ1) is 17.6. The maximum Gasteiger partial charge on any atom is 0.290 e. The first-order valence-electron chi connectivity index (χ1n) is 9.37. The average molecular weight is 365 g/mol. The Balaban J connectivity index is 1.52. The summed E-state index contributed by atoms with van der Waals surface area (Å²) in [7, 11) is 0. The maximum atomic E-state index is 14.7. The maximum absolute atomic E-state index is 14.7. The minimum absolute atomic E-state index is 0.101. The van der Waals surface area contributed by atoms with E-state index in [1.165, 1.54) is 0 Å². The Bertz CT molecular complexity index is 734. The Kier molecular flexibility index (Phi) is 4.17. The van der Waals surface area contributed by atoms with Crippen molar-refractivity contribution in [2.45, 2.75) is 58.1 Å². The van der Waals surface area contributed by atoms with Crippen LogP contribution in [-0.4, -0.2) is 42.6 Å². The molecular weight excluding hydrogens is 340 g/mol. The zero-order valence-electron chi connectivity index (χ0n) is 15.3. The van der Waals surface area contributed by atoms with Crippen molar-refractivity contribution in [3.63, 3.8) is 0 Å². The summed E-state index contributed by atoms with van der Waals surface area (Å²) in [5.41, 5.74) is 2.14. The molecule has 142 valence electrons. The number of halogens is 2. The molecule has 3 heterocycles. The van der Waals surface area contributed by atoms with Gasteiger partial charge in [0.05, 0.1) is 31.0 Å². The summed E-state index contributed by atoms with van der Waals surface area (Å²) in [6, 6.07) is 1.80. The number of nitrogens with one attached hydrogen (secondary N) is 1. The molecule has 0 unspecified atom stereocenters. The van der Waals surface area contributed by atoms with Gasteiger partial charge in [0.25, 0.3) is 11.8 Å². The number of aromatic nitrogens is 1. The van der Waals surface area contributed by atoms with Crippen molar-refractivity contribution in [2.24, 2.45) is 5.41 Å². The molecule has 0 spiro atoms. The lowest BCUT2D eigenvalue weighted by Crippen LogP contribution is -2.53. The van der Waals surface area contributed by atoms with Crippen LogP contribution in [-0.2, 0) is 17.7 Å². The highest BCUT2D eigenvalue weighted by atomic mass is 19.3. The van der Waals surface area contributed by atoms with Crippen molar-refractivity contribution >= 4 is 11.7 Å². The fourth-order valence-electron chi connectivity index (χ4n) is 3.67. The second-order valence-corrected chi connectivity index (χ2v) is 8.08. The van der Waals surface area contributed by atoms with E-state index in [-0.39, 0.29) is 17.7 Å². The van der Waals surface area contributed by atoms with Gasteiger partial charge in [0.15, 0.2) is 0 Å². The lowest BCUT2D eigenvalue weighted by Gasteiger charge is -2.39. The van der Waals surface area contributed by atoms with E-state index in [2.05, 4.69) is 17.2 Å². The molecule has 1 aromatic heterocycles. The molecule has 5 nitrogen and oxygen atoms in total. The van der Waals surface area contributed by atoms with Crippen molar-refractivity contribution < 1.29 is 18.3 Å². The number of fused-ring (bicyclic) bond motifs is 1. The second kappa shape index (κ2) is 6.15. The molecule has 0 radical (unpaired) electrons. The van der Waals surface area contributed by atoms with Crippen molar-refractivity contribution in [1.82, 2.24) is 10.3 Å². The number of aryl methyl sites for hydroxylation is 1. The van der Waals surface area contributed by atoms with Crippen molar-refractivity contribution in [2.75, 3.05) is 24.6 Å². The molecule has 7 heteroatoms. The average Bonchev–Trinajstić information content (AvgIpc) is 3.23. The quantitative estimate of drug-likeness (QED) is 0.872. The number of pyridine rings is 1. The number of carbonyl (C=O) groups excluding carboxylic acids is 1. The molecule has 4 rings (SSSR count). The number of carbonyl (C=O) groups is 1. The van der Waals surface area contributed by atoms with Gasteiger partial charge in [-0.2, -0.15) is 0 Å². The van der Waals surface area contributed by atoms with Gasteiger partial charge in [-0.1, -0.05) is 13.8 Å². The summed E-state index contributed by atoms with van der Waals surface area (Å²) in [5.74, 6) is -2.47. The molecule has 1 N–H and O–H groups in total. The standard InChI is InChI=1S/C19H25F2N3O2/c1-3-12-8-13-14(9-22-17(13)25)23-16(12)24-7-4-15(19(20,21)10-24)26-11-18(2)5-6-18/h8,15H,3-7,9-11H2,1-2H3,(H,22,25)/t15-/m1/s1. The third-order valence-corrected chi connectivity index (χ3v) is 5.77. The predicted octanol–water partition coefficient (Wildman–Crippen LogP) is 2.92. The summed E-state index contributed by atoms with van der Waals surface area (Å²) in [6.45, 7) is 4.89. The Morgan fingerprint density at radius 1 is 1.42 bits per heavy atom. The van der Waals surface area contributed by atoms with Crippen LogP contribution in [0.5, 0.6) is 0 Å². The molecule has 0 bridgehead atoms. The topological polar surface area (TPSA) is 54.5 Å². The number of amides is 1. The third-order valence-electron chi connectivity index (χ3n) is 5.77. The van der Waals surface area contributed by atoms with Gasteiger partial charge < -0.3 is 15.0 Å². The zero-order chi connectivity index (χ0) is 18.5. The Hall–Kier alpha value is -1.76. The molecular formula is C19H25F2N3O2. The summed E-state index contributed by atoms with van der Waals surface area (Å²) in [5, 5.41) is 2.74. The molecule has 26 heavy (non-hydrogen) atoms. The second-order valence-electron chi connectivity index (χ2n) is 8.08. The summed E-state index contributed by atoms with van der Waals surface area (Å²) in [4.78, 5) is 18.0. The van der Waals surface area contributed by atoms with Crippen molar-refractivity contribution in [1.29, 1.82) is 0 Å². The molecule has 0 aromatic carbocycles. The van der Waals surface area contributed by atoms with Gasteiger partial charge in [-0.25, -0.2) is 13.8 Å². The molecule has 1 amide bonds. The first-order chi connectivity index (χ1) is 12.3. The molecule has 2 fully saturated rings. The van der Waals surface area contributed by atoms with Gasteiger partial charge in [-0.15, -0.1) is 0 Å². The van der Waals surface area contributed by atoms with Crippen molar-refractivity contribution in [3.05, 3.63) is 22.9 Å². The normalized spacial score (nSPS) is 25.8. The van der Waals surface area contributed by atoms with E-state index >= 15 is 0 Å². The van der Waals surface area contributed by atoms with Crippen LogP contribution in [0, 0.1) is 5.41 Å². The number of hydrogen-bond donors (Lipinski definition) is 1. The monoisotopic (exact) mass is 365 g/mol. The largest absolute Gasteiger partial charge is 0.371 e. The van der Waals surface area contributed by atoms with E-state index in [0.717, 1.165) is 18.4 Å². The van der Waals surface area contributed by atoms with Gasteiger partial charge in [-0.05, 0) is 42.7 Å². The summed E-state index contributed by atoms with van der Waals surface area (Å²) >= 11 is 0. The lowest BCUT2D eigenvalue weighted by atomic mass is 10.0. The van der Waals surface area contributed by atoms with Crippen LogP contribution in [0.25, 0.3) is 0 Å². The summed E-state index contributed by atoms with van der Waals surface area (Å²) in [6.07, 6.45) is 2.01. The van der Waals surface area contributed by atoms with E-state index in [4.69, 9.17) is 4.74 Å². The van der Waals surface area contributed by atoms with Gasteiger partial charge in [-0.3, -0.25) is 4.79 Å². The number of alkyl halides is 2. The van der Waals surface area contributed by atoms with Gasteiger partial charge in [0, 0.05) is 6.54 Å². The van der Waals surface area contributed by atoms with E-state index in [0.29, 0.717) is 43.2 Å². The third kappa shape index (κ3) is 3.17. The van der Waals surface area contributed by atoms with Crippen LogP contribution in [0.15, 0.2) is 6.07 Å². The van der Waals surface area contributed by atoms with E-state index in [9.17, 15) is 13.6 Å². The highest BCUT2D eigenvalue weighted by Crippen LogP contribution is 2.46. The Morgan fingerprint density at radius 3 is 2.85 bits per heavy atom. The van der Waals surface area contributed by atoms with Crippen LogP contribution in [0.3, 0.4) is 0 Å². The smallest absolute Gasteiger partial charge is 0.290 e. The number of anilines is 1. The number of rotatable bonds is 5. The fourth-order valence-corrected chi connectivity index (χ4v) is 3.67. The predicted molar refractivity (Wildman–Crippen MR) is 93.6 cm³/mol. The minimum atomic E-state index is -2.91. The first-order valence-corrected chi connectivity index (χ1v) is 9.37. The number of hydrogen-bond acceptors (Lipinski definition) is 4. The van der Waals surface area contributed by atoms with Crippen LogP contribution >= 0.6 is 0 Å². The van der Waals surface area contributed by atoms with Crippen molar-refractivity contribution in [3.8, 4) is 0 Å². The molecule has 3 aliphatic rings. The number of ether oxygens (including phenoxy) is 1. The molecule has 2 aliphatic heterocycles.